The summed E-state index contributed by atoms with van der Waals surface area (Å²) in [5, 5.41) is 3.09. The van der Waals surface area contributed by atoms with Crippen molar-refractivity contribution in [1.29, 1.82) is 0 Å². The largest absolute Gasteiger partial charge is 0.356 e. The molecule has 0 atom stereocenters. The quantitative estimate of drug-likeness (QED) is 0.430. The van der Waals surface area contributed by atoms with Gasteiger partial charge in [-0.15, -0.1) is 0 Å². The normalized spacial score (nSPS) is 21.0. The fourth-order valence-corrected chi connectivity index (χ4v) is 5.90. The maximum atomic E-state index is 13.4. The number of H-pyrrole nitrogens is 1. The van der Waals surface area contributed by atoms with Gasteiger partial charge in [0.15, 0.2) is 0 Å². The molecule has 2 fully saturated rings. The van der Waals surface area contributed by atoms with Crippen LogP contribution in [0.15, 0.2) is 47.5 Å². The molecule has 0 unspecified atom stereocenters. The first-order chi connectivity index (χ1) is 18.9. The minimum Gasteiger partial charge on any atom is -0.356 e. The van der Waals surface area contributed by atoms with Crippen molar-refractivity contribution in [3.63, 3.8) is 0 Å². The first kappa shape index (κ1) is 27.3. The number of carbonyl (C=O) groups is 2. The van der Waals surface area contributed by atoms with E-state index in [0.717, 1.165) is 56.4 Å². The Bertz CT molecular complexity index is 1360. The molecule has 1 aliphatic carbocycles. The average molecular weight is 534 g/mol. The number of aromatic amines is 1. The van der Waals surface area contributed by atoms with E-state index in [2.05, 4.69) is 56.8 Å². The van der Waals surface area contributed by atoms with Gasteiger partial charge in [0, 0.05) is 30.6 Å². The molecule has 2 aromatic carbocycles. The highest BCUT2D eigenvalue weighted by Gasteiger charge is 2.29. The molecule has 2 N–H and O–H groups in total. The van der Waals surface area contributed by atoms with Gasteiger partial charge in [0.25, 0.3) is 5.91 Å². The molecule has 0 radical (unpaired) electrons. The van der Waals surface area contributed by atoms with E-state index in [-0.39, 0.29) is 23.7 Å². The van der Waals surface area contributed by atoms with Crippen LogP contribution in [0.4, 0.5) is 4.39 Å². The van der Waals surface area contributed by atoms with Crippen molar-refractivity contribution < 1.29 is 14.0 Å². The van der Waals surface area contributed by atoms with Gasteiger partial charge in [-0.2, -0.15) is 4.99 Å². The third kappa shape index (κ3) is 6.67. The number of hydrogen-bond donors (Lipinski definition) is 2. The van der Waals surface area contributed by atoms with Gasteiger partial charge >= 0.3 is 0 Å². The maximum absolute atomic E-state index is 13.4. The van der Waals surface area contributed by atoms with E-state index in [1.807, 2.05) is 0 Å². The molecule has 2 amide bonds. The van der Waals surface area contributed by atoms with Crippen molar-refractivity contribution in [2.75, 3.05) is 19.6 Å². The molecule has 1 saturated heterocycles. The molecule has 7 nitrogen and oxygen atoms in total. The lowest BCUT2D eigenvalue weighted by Gasteiger charge is -2.29. The summed E-state index contributed by atoms with van der Waals surface area (Å²) < 4.78 is 15.6. The van der Waals surface area contributed by atoms with E-state index in [1.165, 1.54) is 49.1 Å². The summed E-state index contributed by atoms with van der Waals surface area (Å²) in [6.07, 6.45) is 7.06. The van der Waals surface area contributed by atoms with Gasteiger partial charge in [0.05, 0.1) is 11.0 Å². The topological polar surface area (TPSA) is 82.5 Å². The molecule has 3 aromatic rings. The molecule has 1 saturated carbocycles. The first-order valence-electron chi connectivity index (χ1n) is 14.4. The SMILES string of the molecule is CC(C)CNC(=O)[C@H]1CC[C@@H](n2/c(=N/C(=O)c3ccc(F)cc3)[nH]c3ccc(CN4CCCCC4)cc32)CC1. The molecule has 2 aliphatic rings. The number of likely N-dealkylation sites (tertiary alicyclic amines) is 1. The number of imidazole rings is 1. The molecule has 0 bridgehead atoms. The monoisotopic (exact) mass is 533 g/mol. The van der Waals surface area contributed by atoms with E-state index in [0.29, 0.717) is 23.6 Å². The molecular weight excluding hydrogens is 493 g/mol. The summed E-state index contributed by atoms with van der Waals surface area (Å²) in [7, 11) is 0. The van der Waals surface area contributed by atoms with Gasteiger partial charge in [-0.05, 0) is 99.5 Å². The first-order valence-corrected chi connectivity index (χ1v) is 14.4. The number of nitrogens with zero attached hydrogens (tertiary/aromatic N) is 3. The van der Waals surface area contributed by atoms with Crippen LogP contribution in [0.5, 0.6) is 0 Å². The minimum absolute atomic E-state index is 0.0155. The summed E-state index contributed by atoms with van der Waals surface area (Å²) in [4.78, 5) is 36.1. The van der Waals surface area contributed by atoms with Crippen LogP contribution in [0.25, 0.3) is 11.0 Å². The Labute approximate surface area is 229 Å². The summed E-state index contributed by atoms with van der Waals surface area (Å²) >= 11 is 0. The average Bonchev–Trinajstić information content (AvgIpc) is 3.29. The number of carbonyl (C=O) groups excluding carboxylic acids is 2. The number of nitrogens with one attached hydrogen (secondary N) is 2. The number of aromatic nitrogens is 2. The second kappa shape index (κ2) is 12.3. The third-order valence-corrected chi connectivity index (χ3v) is 8.07. The minimum atomic E-state index is -0.411. The molecule has 208 valence electrons. The van der Waals surface area contributed by atoms with Crippen LogP contribution in [0.3, 0.4) is 0 Å². The van der Waals surface area contributed by atoms with Gasteiger partial charge in [-0.3, -0.25) is 14.5 Å². The lowest BCUT2D eigenvalue weighted by molar-refractivity contribution is -0.126. The molecular formula is C31H40FN5O2. The van der Waals surface area contributed by atoms with Gasteiger partial charge < -0.3 is 14.9 Å². The predicted octanol–water partition coefficient (Wildman–Crippen LogP) is 5.34. The van der Waals surface area contributed by atoms with Crippen LogP contribution in [-0.2, 0) is 11.3 Å². The van der Waals surface area contributed by atoms with Crippen molar-refractivity contribution in [1.82, 2.24) is 19.8 Å². The van der Waals surface area contributed by atoms with Gasteiger partial charge in [-0.1, -0.05) is 26.3 Å². The Kier molecular flexibility index (Phi) is 8.60. The molecule has 1 aliphatic heterocycles. The van der Waals surface area contributed by atoms with E-state index < -0.39 is 5.91 Å². The Balaban J connectivity index is 1.45. The standard InChI is InChI=1S/C31H40FN5O2/c1-21(2)19-33-29(38)23-9-13-26(14-10-23)37-28-18-22(20-36-16-4-3-5-17-36)6-15-27(28)34-31(37)35-30(39)24-7-11-25(32)12-8-24/h6-8,11-12,15,18,21,23,26H,3-5,9-10,13-14,16-17,19-20H2,1-2H3,(H,33,38)(H,34,35,39)/t23-,26+. The zero-order valence-corrected chi connectivity index (χ0v) is 23.1. The van der Waals surface area contributed by atoms with E-state index in [9.17, 15) is 14.0 Å². The van der Waals surface area contributed by atoms with Gasteiger partial charge in [0.2, 0.25) is 11.5 Å². The Morgan fingerprint density at radius 1 is 1.03 bits per heavy atom. The highest BCUT2D eigenvalue weighted by Crippen LogP contribution is 2.33. The fraction of sp³-hybridized carbons (Fsp3) is 0.516. The highest BCUT2D eigenvalue weighted by atomic mass is 19.1. The van der Waals surface area contributed by atoms with Crippen LogP contribution < -0.4 is 10.9 Å². The van der Waals surface area contributed by atoms with Gasteiger partial charge in [-0.25, -0.2) is 4.39 Å². The summed E-state index contributed by atoms with van der Waals surface area (Å²) in [5.74, 6) is -0.213. The number of hydrogen-bond acceptors (Lipinski definition) is 3. The van der Waals surface area contributed by atoms with Crippen LogP contribution >= 0.6 is 0 Å². The van der Waals surface area contributed by atoms with Crippen LogP contribution in [0.1, 0.15) is 80.8 Å². The van der Waals surface area contributed by atoms with Crippen molar-refractivity contribution in [2.24, 2.45) is 16.8 Å². The smallest absolute Gasteiger partial charge is 0.280 e. The second-order valence-corrected chi connectivity index (χ2v) is 11.6. The third-order valence-electron chi connectivity index (χ3n) is 8.07. The van der Waals surface area contributed by atoms with Crippen LogP contribution in [0.2, 0.25) is 0 Å². The van der Waals surface area contributed by atoms with E-state index >= 15 is 0 Å². The summed E-state index contributed by atoms with van der Waals surface area (Å²) in [6.45, 7) is 8.06. The molecule has 1 aromatic heterocycles. The van der Waals surface area contributed by atoms with Crippen molar-refractivity contribution in [3.05, 3.63) is 65.0 Å². The number of amides is 2. The van der Waals surface area contributed by atoms with E-state index in [4.69, 9.17) is 0 Å². The van der Waals surface area contributed by atoms with E-state index in [1.54, 1.807) is 0 Å². The van der Waals surface area contributed by atoms with Crippen molar-refractivity contribution >= 4 is 22.8 Å². The zero-order chi connectivity index (χ0) is 27.4. The lowest BCUT2D eigenvalue weighted by atomic mass is 9.85. The van der Waals surface area contributed by atoms with Crippen LogP contribution in [-0.4, -0.2) is 45.9 Å². The van der Waals surface area contributed by atoms with Crippen LogP contribution in [0, 0.1) is 17.7 Å². The number of fused-ring (bicyclic) bond motifs is 1. The summed E-state index contributed by atoms with van der Waals surface area (Å²) in [6, 6.07) is 12.1. The predicted molar refractivity (Wildman–Crippen MR) is 151 cm³/mol. The number of piperidine rings is 1. The van der Waals surface area contributed by atoms with Crippen molar-refractivity contribution in [3.8, 4) is 0 Å². The summed E-state index contributed by atoms with van der Waals surface area (Å²) in [5.41, 5.74) is 4.05. The molecule has 2 heterocycles. The molecule has 8 heteroatoms. The van der Waals surface area contributed by atoms with Crippen molar-refractivity contribution in [2.45, 2.75) is 71.4 Å². The zero-order valence-electron chi connectivity index (χ0n) is 23.1. The maximum Gasteiger partial charge on any atom is 0.280 e. The Morgan fingerprint density at radius 3 is 2.44 bits per heavy atom. The van der Waals surface area contributed by atoms with Gasteiger partial charge in [0.1, 0.15) is 5.82 Å². The molecule has 0 spiro atoms. The lowest BCUT2D eigenvalue weighted by Crippen LogP contribution is -2.36. The second-order valence-electron chi connectivity index (χ2n) is 11.6. The number of rotatable bonds is 7. The fourth-order valence-electron chi connectivity index (χ4n) is 5.90. The highest BCUT2D eigenvalue weighted by molar-refractivity contribution is 5.95. The number of benzene rings is 2. The molecule has 5 rings (SSSR count). The molecule has 39 heavy (non-hydrogen) atoms. The Hall–Kier alpha value is -3.26. The Morgan fingerprint density at radius 2 is 1.74 bits per heavy atom. The number of halogens is 1.